The molecule has 26 heavy (non-hydrogen) atoms. The molecule has 1 aliphatic rings. The highest BCUT2D eigenvalue weighted by molar-refractivity contribution is 5.96. The van der Waals surface area contributed by atoms with Crippen LogP contribution < -0.4 is 14.5 Å². The number of hydrogen-bond acceptors (Lipinski definition) is 4. The number of carbonyl (C=O) groups is 1. The number of aliphatic hydroxyl groups is 1. The predicted molar refractivity (Wildman–Crippen MR) is 102 cm³/mol. The quantitative estimate of drug-likeness (QED) is 0.729. The van der Waals surface area contributed by atoms with E-state index in [9.17, 15) is 9.90 Å². The largest absolute Gasteiger partial charge is 0.490 e. The van der Waals surface area contributed by atoms with Gasteiger partial charge >= 0.3 is 0 Å². The number of hydrogen-bond donors (Lipinski definition) is 2. The van der Waals surface area contributed by atoms with Crippen LogP contribution in [-0.4, -0.2) is 56.3 Å². The first kappa shape index (κ1) is 18.4. The smallest absolute Gasteiger partial charge is 0.163 e. The number of aliphatic hydroxyl groups excluding tert-OH is 1. The highest BCUT2D eigenvalue weighted by Gasteiger charge is 2.23. The van der Waals surface area contributed by atoms with Crippen molar-refractivity contribution in [2.75, 3.05) is 44.2 Å². The maximum Gasteiger partial charge on any atom is 0.163 e. The SMILES string of the molecule is CC(=O)c1ccccc1OC[C@H](O)C[NH+]1CCN(c2ccccc2)CC1. The minimum absolute atomic E-state index is 0.0299. The Kier molecular flexibility index (Phi) is 6.26. The fourth-order valence-electron chi connectivity index (χ4n) is 3.39. The number of carbonyl (C=O) groups excluding carboxylic acids is 1. The van der Waals surface area contributed by atoms with E-state index in [1.165, 1.54) is 17.5 Å². The van der Waals surface area contributed by atoms with Crippen molar-refractivity contribution < 1.29 is 19.5 Å². The van der Waals surface area contributed by atoms with E-state index in [0.717, 1.165) is 26.2 Å². The molecule has 1 aliphatic heterocycles. The average Bonchev–Trinajstić information content (AvgIpc) is 2.68. The number of anilines is 1. The van der Waals surface area contributed by atoms with Crippen LogP contribution in [0.25, 0.3) is 0 Å². The van der Waals surface area contributed by atoms with Crippen LogP contribution in [0.3, 0.4) is 0 Å². The fraction of sp³-hybridized carbons (Fsp3) is 0.381. The Bertz CT molecular complexity index is 712. The van der Waals surface area contributed by atoms with Gasteiger partial charge in [-0.2, -0.15) is 0 Å². The van der Waals surface area contributed by atoms with E-state index in [-0.39, 0.29) is 12.4 Å². The van der Waals surface area contributed by atoms with Gasteiger partial charge in [0.25, 0.3) is 0 Å². The van der Waals surface area contributed by atoms with Gasteiger partial charge in [-0.25, -0.2) is 0 Å². The highest BCUT2D eigenvalue weighted by atomic mass is 16.5. The van der Waals surface area contributed by atoms with Crippen molar-refractivity contribution in [2.24, 2.45) is 0 Å². The molecule has 1 heterocycles. The van der Waals surface area contributed by atoms with Crippen LogP contribution in [-0.2, 0) is 0 Å². The second-order valence-corrected chi connectivity index (χ2v) is 6.79. The molecule has 2 aromatic carbocycles. The lowest BCUT2D eigenvalue weighted by atomic mass is 10.1. The van der Waals surface area contributed by atoms with E-state index in [2.05, 4.69) is 29.2 Å². The molecule has 0 aliphatic carbocycles. The summed E-state index contributed by atoms with van der Waals surface area (Å²) in [5.74, 6) is 0.515. The number of rotatable bonds is 7. The Morgan fingerprint density at radius 2 is 1.77 bits per heavy atom. The topological polar surface area (TPSA) is 54.2 Å². The maximum absolute atomic E-state index is 11.6. The zero-order valence-corrected chi connectivity index (χ0v) is 15.2. The molecule has 2 aromatic rings. The summed E-state index contributed by atoms with van der Waals surface area (Å²) in [6.45, 7) is 6.35. The van der Waals surface area contributed by atoms with Crippen molar-refractivity contribution in [3.05, 3.63) is 60.2 Å². The molecular weight excluding hydrogens is 328 g/mol. The molecular formula is C21H27N2O3+. The number of Topliss-reactive ketones (excluding diaryl/α,β-unsaturated/α-hetero) is 1. The summed E-state index contributed by atoms with van der Waals surface area (Å²) < 4.78 is 5.70. The number of para-hydroxylation sites is 2. The van der Waals surface area contributed by atoms with Gasteiger partial charge in [0.2, 0.25) is 0 Å². The number of ether oxygens (including phenoxy) is 1. The summed E-state index contributed by atoms with van der Waals surface area (Å²) in [5.41, 5.74) is 1.82. The maximum atomic E-state index is 11.6. The van der Waals surface area contributed by atoms with Crippen LogP contribution in [0.2, 0.25) is 0 Å². The molecule has 0 aromatic heterocycles. The van der Waals surface area contributed by atoms with E-state index in [1.807, 2.05) is 18.2 Å². The summed E-state index contributed by atoms with van der Waals surface area (Å²) >= 11 is 0. The minimum atomic E-state index is -0.548. The van der Waals surface area contributed by atoms with Gasteiger partial charge < -0.3 is 19.6 Å². The van der Waals surface area contributed by atoms with Crippen molar-refractivity contribution >= 4 is 11.5 Å². The monoisotopic (exact) mass is 355 g/mol. The van der Waals surface area contributed by atoms with Crippen LogP contribution in [0.1, 0.15) is 17.3 Å². The molecule has 0 bridgehead atoms. The standard InChI is InChI=1S/C21H26N2O3/c1-17(24)20-9-5-6-10-21(20)26-16-19(25)15-22-11-13-23(14-12-22)18-7-3-2-4-8-18/h2-10,19,25H,11-16H2,1H3/p+1/t19-/m1/s1. The Hall–Kier alpha value is -2.37. The zero-order valence-electron chi connectivity index (χ0n) is 15.2. The lowest BCUT2D eigenvalue weighted by Gasteiger charge is -2.34. The van der Waals surface area contributed by atoms with Crippen LogP contribution in [0.5, 0.6) is 5.75 Å². The molecule has 3 rings (SSSR count). The third-order valence-corrected chi connectivity index (χ3v) is 4.81. The van der Waals surface area contributed by atoms with Gasteiger partial charge in [0.15, 0.2) is 5.78 Å². The van der Waals surface area contributed by atoms with E-state index in [1.54, 1.807) is 12.1 Å². The minimum Gasteiger partial charge on any atom is -0.490 e. The third kappa shape index (κ3) is 4.84. The number of piperazine rings is 1. The Balaban J connectivity index is 1.45. The highest BCUT2D eigenvalue weighted by Crippen LogP contribution is 2.18. The van der Waals surface area contributed by atoms with Crippen molar-refractivity contribution in [2.45, 2.75) is 13.0 Å². The Labute approximate surface area is 154 Å². The lowest BCUT2D eigenvalue weighted by Crippen LogP contribution is -3.16. The summed E-state index contributed by atoms with van der Waals surface area (Å²) in [4.78, 5) is 15.4. The number of nitrogens with zero attached hydrogens (tertiary/aromatic N) is 1. The number of benzene rings is 2. The fourth-order valence-corrected chi connectivity index (χ4v) is 3.39. The van der Waals surface area contributed by atoms with Crippen molar-refractivity contribution in [3.8, 4) is 5.75 Å². The second kappa shape index (κ2) is 8.83. The zero-order chi connectivity index (χ0) is 18.4. The summed E-state index contributed by atoms with van der Waals surface area (Å²) in [6.07, 6.45) is -0.548. The molecule has 0 amide bonds. The van der Waals surface area contributed by atoms with Gasteiger partial charge in [0.1, 0.15) is 25.0 Å². The van der Waals surface area contributed by atoms with Gasteiger partial charge in [-0.1, -0.05) is 30.3 Å². The number of ketones is 1. The van der Waals surface area contributed by atoms with Crippen LogP contribution in [0, 0.1) is 0 Å². The van der Waals surface area contributed by atoms with E-state index in [0.29, 0.717) is 17.9 Å². The molecule has 1 atom stereocenters. The van der Waals surface area contributed by atoms with Crippen molar-refractivity contribution in [1.29, 1.82) is 0 Å². The van der Waals surface area contributed by atoms with Crippen LogP contribution in [0.15, 0.2) is 54.6 Å². The molecule has 1 fully saturated rings. The third-order valence-electron chi connectivity index (χ3n) is 4.81. The first-order valence-corrected chi connectivity index (χ1v) is 9.18. The lowest BCUT2D eigenvalue weighted by molar-refractivity contribution is -0.903. The first-order chi connectivity index (χ1) is 12.6. The van der Waals surface area contributed by atoms with Crippen molar-refractivity contribution in [3.63, 3.8) is 0 Å². The summed E-state index contributed by atoms with van der Waals surface area (Å²) in [6, 6.07) is 17.6. The first-order valence-electron chi connectivity index (χ1n) is 9.18. The molecule has 138 valence electrons. The summed E-state index contributed by atoms with van der Waals surface area (Å²) in [5, 5.41) is 10.3. The Morgan fingerprint density at radius 1 is 1.12 bits per heavy atom. The van der Waals surface area contributed by atoms with Gasteiger partial charge in [-0.3, -0.25) is 4.79 Å². The van der Waals surface area contributed by atoms with Crippen LogP contribution >= 0.6 is 0 Å². The van der Waals surface area contributed by atoms with Gasteiger partial charge in [0.05, 0.1) is 31.7 Å². The van der Waals surface area contributed by atoms with Gasteiger partial charge in [-0.05, 0) is 31.2 Å². The molecule has 0 saturated carbocycles. The molecule has 0 unspecified atom stereocenters. The molecule has 0 spiro atoms. The molecule has 5 nitrogen and oxygen atoms in total. The number of nitrogens with one attached hydrogen (secondary N) is 1. The van der Waals surface area contributed by atoms with Gasteiger partial charge in [0, 0.05) is 5.69 Å². The predicted octanol–water partition coefficient (Wildman–Crippen LogP) is 1.03. The molecule has 1 saturated heterocycles. The van der Waals surface area contributed by atoms with E-state index >= 15 is 0 Å². The molecule has 5 heteroatoms. The molecule has 0 radical (unpaired) electrons. The normalized spacial score (nSPS) is 16.3. The van der Waals surface area contributed by atoms with Crippen LogP contribution in [0.4, 0.5) is 5.69 Å². The Morgan fingerprint density at radius 3 is 2.46 bits per heavy atom. The van der Waals surface area contributed by atoms with E-state index < -0.39 is 6.10 Å². The summed E-state index contributed by atoms with van der Waals surface area (Å²) in [7, 11) is 0. The van der Waals surface area contributed by atoms with Crippen molar-refractivity contribution in [1.82, 2.24) is 0 Å². The molecule has 2 N–H and O–H groups in total. The second-order valence-electron chi connectivity index (χ2n) is 6.79. The van der Waals surface area contributed by atoms with E-state index in [4.69, 9.17) is 4.74 Å². The number of quaternary nitrogens is 1. The van der Waals surface area contributed by atoms with Gasteiger partial charge in [-0.15, -0.1) is 0 Å². The average molecular weight is 355 g/mol.